The van der Waals surface area contributed by atoms with Crippen molar-refractivity contribution in [3.8, 4) is 11.5 Å². The molecule has 2 rings (SSSR count). The van der Waals surface area contributed by atoms with Gasteiger partial charge in [-0.15, -0.1) is 0 Å². The molecule has 1 aromatic carbocycles. The van der Waals surface area contributed by atoms with Crippen molar-refractivity contribution in [3.05, 3.63) is 23.3 Å². The Hall–Kier alpha value is -2.48. The van der Waals surface area contributed by atoms with Crippen molar-refractivity contribution < 1.29 is 19.0 Å². The lowest BCUT2D eigenvalue weighted by Crippen LogP contribution is -2.43. The summed E-state index contributed by atoms with van der Waals surface area (Å²) in [5.74, 6) is 2.16. The van der Waals surface area contributed by atoms with Crippen LogP contribution in [0.3, 0.4) is 0 Å². The number of ether oxygens (including phenoxy) is 3. The number of rotatable bonds is 9. The molecule has 0 saturated heterocycles. The minimum atomic E-state index is -0.120. The van der Waals surface area contributed by atoms with Gasteiger partial charge in [-0.1, -0.05) is 0 Å². The first-order valence-corrected chi connectivity index (χ1v) is 9.22. The Kier molecular flexibility index (Phi) is 8.19. The highest BCUT2D eigenvalue weighted by Gasteiger charge is 2.21. The number of hydrogen-bond donors (Lipinski definition) is 3. The van der Waals surface area contributed by atoms with Gasteiger partial charge in [-0.05, 0) is 26.0 Å². The van der Waals surface area contributed by atoms with E-state index in [2.05, 4.69) is 33.9 Å². The van der Waals surface area contributed by atoms with Crippen molar-refractivity contribution >= 4 is 11.9 Å². The highest BCUT2D eigenvalue weighted by atomic mass is 16.5. The van der Waals surface area contributed by atoms with Crippen LogP contribution < -0.4 is 25.4 Å². The third-order valence-electron chi connectivity index (χ3n) is 4.09. The summed E-state index contributed by atoms with van der Waals surface area (Å²) in [4.78, 5) is 15.9. The van der Waals surface area contributed by atoms with Crippen LogP contribution in [-0.4, -0.2) is 58.4 Å². The molecule has 0 spiro atoms. The summed E-state index contributed by atoms with van der Waals surface area (Å²) in [6.45, 7) is 6.22. The first-order valence-electron chi connectivity index (χ1n) is 9.22. The zero-order valence-electron chi connectivity index (χ0n) is 16.6. The fourth-order valence-corrected chi connectivity index (χ4v) is 2.83. The SMILES string of the molecule is CCOc1cc2c(cc1CNC(=NC)NCC(=O)NCCOC)OC(C)C2. The van der Waals surface area contributed by atoms with E-state index in [4.69, 9.17) is 14.2 Å². The number of carbonyl (C=O) groups excluding carboxylic acids is 1. The zero-order chi connectivity index (χ0) is 19.6. The molecule has 0 radical (unpaired) electrons. The van der Waals surface area contributed by atoms with Gasteiger partial charge in [0.05, 0.1) is 19.8 Å². The van der Waals surface area contributed by atoms with Gasteiger partial charge in [0.25, 0.3) is 0 Å². The lowest BCUT2D eigenvalue weighted by atomic mass is 10.1. The van der Waals surface area contributed by atoms with Crippen molar-refractivity contribution in [1.82, 2.24) is 16.0 Å². The van der Waals surface area contributed by atoms with E-state index in [-0.39, 0.29) is 18.6 Å². The van der Waals surface area contributed by atoms with Crippen LogP contribution in [0.5, 0.6) is 11.5 Å². The van der Waals surface area contributed by atoms with E-state index in [0.717, 1.165) is 23.5 Å². The van der Waals surface area contributed by atoms with Gasteiger partial charge in [0, 0.05) is 44.8 Å². The number of fused-ring (bicyclic) bond motifs is 1. The second-order valence-corrected chi connectivity index (χ2v) is 6.26. The maximum absolute atomic E-state index is 11.8. The van der Waals surface area contributed by atoms with E-state index in [0.29, 0.717) is 32.3 Å². The maximum Gasteiger partial charge on any atom is 0.239 e. The fraction of sp³-hybridized carbons (Fsp3) is 0.579. The Morgan fingerprint density at radius 3 is 2.85 bits per heavy atom. The van der Waals surface area contributed by atoms with Crippen molar-refractivity contribution in [2.75, 3.05) is 40.5 Å². The molecule has 1 heterocycles. The molecule has 27 heavy (non-hydrogen) atoms. The van der Waals surface area contributed by atoms with Gasteiger partial charge in [0.2, 0.25) is 5.91 Å². The van der Waals surface area contributed by atoms with E-state index >= 15 is 0 Å². The van der Waals surface area contributed by atoms with Crippen molar-refractivity contribution in [3.63, 3.8) is 0 Å². The largest absolute Gasteiger partial charge is 0.494 e. The van der Waals surface area contributed by atoms with Crippen LogP contribution in [0.25, 0.3) is 0 Å². The van der Waals surface area contributed by atoms with Crippen molar-refractivity contribution in [2.45, 2.75) is 32.9 Å². The van der Waals surface area contributed by atoms with Gasteiger partial charge in [-0.3, -0.25) is 9.79 Å². The van der Waals surface area contributed by atoms with Crippen LogP contribution in [0.2, 0.25) is 0 Å². The van der Waals surface area contributed by atoms with Gasteiger partial charge in [-0.25, -0.2) is 0 Å². The van der Waals surface area contributed by atoms with Gasteiger partial charge in [-0.2, -0.15) is 0 Å². The highest BCUT2D eigenvalue weighted by molar-refractivity contribution is 5.86. The number of guanidine groups is 1. The molecule has 1 atom stereocenters. The second-order valence-electron chi connectivity index (χ2n) is 6.26. The highest BCUT2D eigenvalue weighted by Crippen LogP contribution is 2.35. The maximum atomic E-state index is 11.8. The Morgan fingerprint density at radius 1 is 1.33 bits per heavy atom. The third kappa shape index (κ3) is 6.32. The molecule has 1 aliphatic heterocycles. The number of methoxy groups -OCH3 is 1. The molecule has 0 aromatic heterocycles. The topological polar surface area (TPSA) is 93.2 Å². The van der Waals surface area contributed by atoms with Gasteiger partial charge >= 0.3 is 0 Å². The number of amides is 1. The Morgan fingerprint density at radius 2 is 2.15 bits per heavy atom. The summed E-state index contributed by atoms with van der Waals surface area (Å²) >= 11 is 0. The first-order chi connectivity index (χ1) is 13.1. The van der Waals surface area contributed by atoms with Crippen molar-refractivity contribution in [1.29, 1.82) is 0 Å². The van der Waals surface area contributed by atoms with Gasteiger partial charge in [0.1, 0.15) is 17.6 Å². The van der Waals surface area contributed by atoms with Crippen LogP contribution >= 0.6 is 0 Å². The molecule has 0 saturated carbocycles. The zero-order valence-corrected chi connectivity index (χ0v) is 16.6. The third-order valence-corrected chi connectivity index (χ3v) is 4.09. The van der Waals surface area contributed by atoms with Crippen LogP contribution in [0.1, 0.15) is 25.0 Å². The Bertz CT molecular complexity index is 663. The number of benzene rings is 1. The van der Waals surface area contributed by atoms with Crippen LogP contribution in [0.15, 0.2) is 17.1 Å². The van der Waals surface area contributed by atoms with E-state index in [1.807, 2.05) is 13.0 Å². The number of nitrogens with zero attached hydrogens (tertiary/aromatic N) is 1. The average molecular weight is 378 g/mol. The molecule has 1 aromatic rings. The summed E-state index contributed by atoms with van der Waals surface area (Å²) in [6.07, 6.45) is 1.08. The van der Waals surface area contributed by atoms with E-state index in [1.165, 1.54) is 5.56 Å². The Labute approximate surface area is 160 Å². The van der Waals surface area contributed by atoms with E-state index < -0.39 is 0 Å². The van der Waals surface area contributed by atoms with Gasteiger partial charge < -0.3 is 30.2 Å². The average Bonchev–Trinajstić information content (AvgIpc) is 3.01. The molecule has 8 nitrogen and oxygen atoms in total. The molecule has 8 heteroatoms. The molecular formula is C19H30N4O4. The molecule has 1 aliphatic rings. The summed E-state index contributed by atoms with van der Waals surface area (Å²) in [7, 11) is 3.26. The molecule has 1 amide bonds. The lowest BCUT2D eigenvalue weighted by molar-refractivity contribution is -0.120. The van der Waals surface area contributed by atoms with Crippen LogP contribution in [0, 0.1) is 0 Å². The molecule has 0 bridgehead atoms. The number of nitrogens with one attached hydrogen (secondary N) is 3. The minimum absolute atomic E-state index is 0.120. The predicted molar refractivity (Wildman–Crippen MR) is 104 cm³/mol. The monoisotopic (exact) mass is 378 g/mol. The summed E-state index contributed by atoms with van der Waals surface area (Å²) in [6, 6.07) is 4.07. The fourth-order valence-electron chi connectivity index (χ4n) is 2.83. The van der Waals surface area contributed by atoms with Crippen molar-refractivity contribution in [2.24, 2.45) is 4.99 Å². The van der Waals surface area contributed by atoms with E-state index in [1.54, 1.807) is 14.2 Å². The molecule has 1 unspecified atom stereocenters. The summed E-state index contributed by atoms with van der Waals surface area (Å²) < 4.78 is 16.5. The normalized spacial score (nSPS) is 15.7. The Balaban J connectivity index is 1.92. The number of carbonyl (C=O) groups is 1. The van der Waals surface area contributed by atoms with Crippen LogP contribution in [-0.2, 0) is 22.5 Å². The number of hydrogen-bond acceptors (Lipinski definition) is 5. The van der Waals surface area contributed by atoms with E-state index in [9.17, 15) is 4.79 Å². The lowest BCUT2D eigenvalue weighted by Gasteiger charge is -2.15. The molecule has 3 N–H and O–H groups in total. The van der Waals surface area contributed by atoms with Crippen LogP contribution in [0.4, 0.5) is 0 Å². The molecular weight excluding hydrogens is 348 g/mol. The summed E-state index contributed by atoms with van der Waals surface area (Å²) in [5.41, 5.74) is 2.15. The number of aliphatic imine (C=N–C) groups is 1. The first kappa shape index (κ1) is 20.8. The summed E-state index contributed by atoms with van der Waals surface area (Å²) in [5, 5.41) is 8.95. The van der Waals surface area contributed by atoms with Gasteiger partial charge in [0.15, 0.2) is 5.96 Å². The predicted octanol–water partition coefficient (Wildman–Crippen LogP) is 0.836. The second kappa shape index (κ2) is 10.6. The smallest absolute Gasteiger partial charge is 0.239 e. The minimum Gasteiger partial charge on any atom is -0.494 e. The molecule has 150 valence electrons. The molecule has 0 aliphatic carbocycles. The standard InChI is InChI=1S/C19H30N4O4/c1-5-26-16-9-14-8-13(2)27-17(14)10-15(16)11-22-19(20-3)23-12-18(24)21-6-7-25-4/h9-10,13H,5-8,11-12H2,1-4H3,(H,21,24)(H2,20,22,23). The molecule has 0 fully saturated rings. The quantitative estimate of drug-likeness (QED) is 0.335.